The zero-order valence-corrected chi connectivity index (χ0v) is 20.1. The summed E-state index contributed by atoms with van der Waals surface area (Å²) in [6.45, 7) is 3.53. The summed E-state index contributed by atoms with van der Waals surface area (Å²) in [6, 6.07) is 0. The first kappa shape index (κ1) is 25.0. The van der Waals surface area contributed by atoms with Crippen molar-refractivity contribution in [2.24, 2.45) is 14.1 Å². The third-order valence-corrected chi connectivity index (χ3v) is 2.74. The Kier molecular flexibility index (Phi) is 11.8. The summed E-state index contributed by atoms with van der Waals surface area (Å²) in [5.41, 5.74) is 2.20. The minimum Gasteiger partial charge on any atom is -0.478 e. The largest absolute Gasteiger partial charge is 0.478 e. The molecule has 0 atom stereocenters. The first-order valence-corrected chi connectivity index (χ1v) is 6.32. The molecule has 0 saturated heterocycles. The fraction of sp³-hybridized carbons (Fsp3) is 0.429. The number of methoxy groups -OCH3 is 2. The summed E-state index contributed by atoms with van der Waals surface area (Å²) in [4.78, 5) is 21.9. The fourth-order valence-corrected chi connectivity index (χ4v) is 1.71. The van der Waals surface area contributed by atoms with Gasteiger partial charge in [-0.15, -0.1) is 12.4 Å². The molecule has 0 unspecified atom stereocenters. The number of carbonyl (C=O) groups is 2. The number of ether oxygens (including phenoxy) is 2. The van der Waals surface area contributed by atoms with Gasteiger partial charge in [-0.1, -0.05) is 13.8 Å². The van der Waals surface area contributed by atoms with Crippen molar-refractivity contribution in [1.29, 1.82) is 0 Å². The van der Waals surface area contributed by atoms with Crippen molar-refractivity contribution in [2.45, 2.75) is 13.8 Å². The molecule has 0 amide bonds. The van der Waals surface area contributed by atoms with Gasteiger partial charge in [-0.05, 0) is 5.69 Å². The molecule has 0 radical (unpaired) electrons. The van der Waals surface area contributed by atoms with E-state index in [1.165, 1.54) is 23.6 Å². The Morgan fingerprint density at radius 1 is 1.00 bits per heavy atom. The van der Waals surface area contributed by atoms with E-state index in [1.54, 1.807) is 27.9 Å². The summed E-state index contributed by atoms with van der Waals surface area (Å²) < 4.78 is 11.9. The predicted molar refractivity (Wildman–Crippen MR) is 76.2 cm³/mol. The molecule has 0 aromatic carbocycles. The summed E-state index contributed by atoms with van der Waals surface area (Å²) in [7, 11) is 6.06. The minimum atomic E-state index is -0.417. The van der Waals surface area contributed by atoms with Crippen LogP contribution in [0.2, 0.25) is 0 Å². The smallest absolute Gasteiger partial charge is 0.274 e. The van der Waals surface area contributed by atoms with Gasteiger partial charge in [-0.3, -0.25) is 14.7 Å². The maximum Gasteiger partial charge on any atom is 0.274 e. The molecular formula is C14H18N4O4W2-2. The third kappa shape index (κ3) is 6.32. The normalized spacial score (nSPS) is 8.92. The second-order valence-corrected chi connectivity index (χ2v) is 4.40. The Balaban J connectivity index is 0. The Morgan fingerprint density at radius 3 is 1.88 bits per heavy atom. The Labute approximate surface area is 169 Å². The molecule has 0 saturated carbocycles. The van der Waals surface area contributed by atoms with Gasteiger partial charge >= 0.3 is 0 Å². The van der Waals surface area contributed by atoms with Gasteiger partial charge in [0.25, 0.3) is 11.9 Å². The topological polar surface area (TPSA) is 88.2 Å². The molecule has 0 N–H and O–H groups in total. The molecule has 132 valence electrons. The first-order valence-electron chi connectivity index (χ1n) is 6.32. The van der Waals surface area contributed by atoms with E-state index < -0.39 is 5.97 Å². The number of aromatic nitrogens is 4. The Morgan fingerprint density at radius 2 is 1.54 bits per heavy atom. The van der Waals surface area contributed by atoms with Crippen LogP contribution in [-0.4, -0.2) is 45.7 Å². The molecule has 0 fully saturated rings. The zero-order valence-electron chi connectivity index (χ0n) is 14.2. The van der Waals surface area contributed by atoms with E-state index in [0.29, 0.717) is 22.5 Å². The number of esters is 2. The zero-order chi connectivity index (χ0) is 16.9. The van der Waals surface area contributed by atoms with Crippen LogP contribution in [0.25, 0.3) is 0 Å². The molecular weight excluding hydrogens is 656 g/mol. The van der Waals surface area contributed by atoms with Crippen LogP contribution in [-0.2, 0) is 65.7 Å². The van der Waals surface area contributed by atoms with E-state index >= 15 is 0 Å². The summed E-state index contributed by atoms with van der Waals surface area (Å²) in [6.07, 6.45) is 5.49. The van der Waals surface area contributed by atoms with E-state index in [-0.39, 0.29) is 48.1 Å². The number of carbonyl (C=O) groups excluding carboxylic acids is 2. The van der Waals surface area contributed by atoms with Gasteiger partial charge < -0.3 is 23.9 Å². The summed E-state index contributed by atoms with van der Waals surface area (Å²) in [5.74, 6) is -0.793. The molecule has 0 aliphatic heterocycles. The second kappa shape index (κ2) is 11.3. The maximum absolute atomic E-state index is 11.0. The molecule has 0 spiro atoms. The van der Waals surface area contributed by atoms with Crippen LogP contribution < -0.4 is 0 Å². The van der Waals surface area contributed by atoms with E-state index in [0.717, 1.165) is 0 Å². The average Bonchev–Trinajstić information content (AvgIpc) is 3.00. The molecule has 0 aliphatic carbocycles. The Bertz CT molecular complexity index is 663. The van der Waals surface area contributed by atoms with Crippen molar-refractivity contribution in [3.8, 4) is 0 Å². The van der Waals surface area contributed by atoms with Crippen molar-refractivity contribution >= 4 is 11.9 Å². The molecule has 2 aromatic heterocycles. The molecule has 8 nitrogen and oxygen atoms in total. The van der Waals surface area contributed by atoms with Gasteiger partial charge in [0, 0.05) is 61.9 Å². The standard InChI is InChI=1S/2C7H9N2O2.2W/c1-5-4-9(2)8-6(5)7(10)11-3;1-5-4-8-9(2)6(5)7(10)11-3;;/h2*1-3H3;;/q2*-1;;. The van der Waals surface area contributed by atoms with Crippen molar-refractivity contribution in [1.82, 2.24) is 19.6 Å². The first-order chi connectivity index (χ1) is 10.3. The van der Waals surface area contributed by atoms with Gasteiger partial charge in [-0.25, -0.2) is 0 Å². The number of hydrogen-bond acceptors (Lipinski definition) is 6. The fourth-order valence-electron chi connectivity index (χ4n) is 1.71. The van der Waals surface area contributed by atoms with Crippen molar-refractivity contribution in [3.05, 3.63) is 34.9 Å². The van der Waals surface area contributed by atoms with Crippen molar-refractivity contribution in [3.63, 3.8) is 0 Å². The number of nitrogens with zero attached hydrogens (tertiary/aromatic N) is 4. The molecule has 2 rings (SSSR count). The van der Waals surface area contributed by atoms with E-state index in [1.807, 2.05) is 0 Å². The molecule has 10 heteroatoms. The molecule has 2 aromatic rings. The number of hydrogen-bond donors (Lipinski definition) is 0. The molecule has 24 heavy (non-hydrogen) atoms. The number of aryl methyl sites for hydroxylation is 4. The molecule has 2 heterocycles. The number of rotatable bonds is 2. The maximum atomic E-state index is 11.0. The second-order valence-electron chi connectivity index (χ2n) is 4.40. The van der Waals surface area contributed by atoms with Crippen LogP contribution >= 0.6 is 0 Å². The quantitative estimate of drug-likeness (QED) is 0.344. The van der Waals surface area contributed by atoms with Crippen LogP contribution in [0.1, 0.15) is 32.1 Å². The average molecular weight is 674 g/mol. The predicted octanol–water partition coefficient (Wildman–Crippen LogP) is 0.626. The Hall–Kier alpha value is -1.26. The molecule has 0 bridgehead atoms. The third-order valence-electron chi connectivity index (χ3n) is 2.74. The van der Waals surface area contributed by atoms with Crippen molar-refractivity contribution < 1.29 is 61.2 Å². The van der Waals surface area contributed by atoms with Crippen LogP contribution in [0.15, 0.2) is 0 Å². The summed E-state index contributed by atoms with van der Waals surface area (Å²) >= 11 is 0. The van der Waals surface area contributed by atoms with E-state index in [2.05, 4.69) is 32.1 Å². The van der Waals surface area contributed by atoms with Gasteiger partial charge in [0.05, 0.1) is 14.2 Å². The van der Waals surface area contributed by atoms with Crippen LogP contribution in [0, 0.1) is 26.2 Å². The van der Waals surface area contributed by atoms with E-state index in [9.17, 15) is 9.59 Å². The van der Waals surface area contributed by atoms with Crippen molar-refractivity contribution in [2.75, 3.05) is 14.2 Å². The van der Waals surface area contributed by atoms with Crippen LogP contribution in [0.4, 0.5) is 0 Å². The minimum absolute atomic E-state index is 0. The monoisotopic (exact) mass is 674 g/mol. The van der Waals surface area contributed by atoms with E-state index in [4.69, 9.17) is 0 Å². The van der Waals surface area contributed by atoms with Gasteiger partial charge in [-0.2, -0.15) is 11.1 Å². The van der Waals surface area contributed by atoms with Gasteiger partial charge in [0.2, 0.25) is 0 Å². The van der Waals surface area contributed by atoms with Crippen LogP contribution in [0.5, 0.6) is 0 Å². The molecule has 0 aliphatic rings. The van der Waals surface area contributed by atoms with Gasteiger partial charge in [0.15, 0.2) is 0 Å². The summed E-state index contributed by atoms with van der Waals surface area (Å²) in [5, 5.41) is 7.64. The SMILES string of the molecule is COC(=O)c1c(C)[c-]nn1C.COC(=O)c1nn(C)[c-]c1C.[W].[W]. The van der Waals surface area contributed by atoms with Gasteiger partial charge in [0.1, 0.15) is 0 Å². The van der Waals surface area contributed by atoms with Crippen LogP contribution in [0.3, 0.4) is 0 Å².